The highest BCUT2D eigenvalue weighted by Gasteiger charge is 2.32. The molecule has 1 atom stereocenters. The molecule has 0 spiro atoms. The molecular weight excluding hydrogens is 428 g/mol. The molecule has 0 radical (unpaired) electrons. The van der Waals surface area contributed by atoms with Crippen LogP contribution in [0.2, 0.25) is 0 Å². The second-order valence-corrected chi connectivity index (χ2v) is 9.00. The molecule has 0 fully saturated rings. The van der Waals surface area contributed by atoms with Crippen LogP contribution in [0.4, 0.5) is 8.78 Å². The van der Waals surface area contributed by atoms with Crippen molar-refractivity contribution in [3.8, 4) is 10.6 Å². The quantitative estimate of drug-likeness (QED) is 0.479. The predicted octanol–water partition coefficient (Wildman–Crippen LogP) is 4.07. The summed E-state index contributed by atoms with van der Waals surface area (Å²) in [6, 6.07) is 5.35. The van der Waals surface area contributed by atoms with Crippen LogP contribution in [0.5, 0.6) is 0 Å². The van der Waals surface area contributed by atoms with Gasteiger partial charge in [-0.05, 0) is 34.7 Å². The van der Waals surface area contributed by atoms with E-state index in [1.54, 1.807) is 20.9 Å². The molecule has 6 nitrogen and oxygen atoms in total. The second-order valence-electron chi connectivity index (χ2n) is 7.02. The Kier molecular flexibility index (Phi) is 4.67. The summed E-state index contributed by atoms with van der Waals surface area (Å²) in [5, 5.41) is 14.7. The number of carbonyl (C=O) groups excluding carboxylic acids is 1. The van der Waals surface area contributed by atoms with Crippen LogP contribution in [0, 0.1) is 11.6 Å². The summed E-state index contributed by atoms with van der Waals surface area (Å²) in [6.07, 6.45) is 3.78. The van der Waals surface area contributed by atoms with E-state index in [0.29, 0.717) is 13.1 Å². The molecule has 10 heteroatoms. The van der Waals surface area contributed by atoms with Gasteiger partial charge in [-0.15, -0.1) is 21.5 Å². The molecule has 152 valence electrons. The molecule has 1 aliphatic rings. The Hall–Kier alpha value is -2.98. The van der Waals surface area contributed by atoms with E-state index in [2.05, 4.69) is 21.4 Å². The molecule has 0 N–H and O–H groups in total. The summed E-state index contributed by atoms with van der Waals surface area (Å²) in [6.45, 7) is 0.983. The first-order valence-electron chi connectivity index (χ1n) is 9.12. The smallest absolute Gasteiger partial charge is 0.285 e. The van der Waals surface area contributed by atoms with Gasteiger partial charge in [0, 0.05) is 42.2 Å². The molecule has 4 aromatic rings. The summed E-state index contributed by atoms with van der Waals surface area (Å²) in [5.41, 5.74) is 2.38. The van der Waals surface area contributed by atoms with E-state index in [-0.39, 0.29) is 27.4 Å². The van der Waals surface area contributed by atoms with Gasteiger partial charge in [-0.25, -0.2) is 8.78 Å². The molecule has 0 aliphatic carbocycles. The Labute approximate surface area is 178 Å². The summed E-state index contributed by atoms with van der Waals surface area (Å²) in [7, 11) is 1.86. The number of thiophene rings is 1. The van der Waals surface area contributed by atoms with Crippen molar-refractivity contribution >= 4 is 28.6 Å². The van der Waals surface area contributed by atoms with E-state index < -0.39 is 11.6 Å². The van der Waals surface area contributed by atoms with Gasteiger partial charge < -0.3 is 4.90 Å². The zero-order valence-electron chi connectivity index (χ0n) is 15.7. The van der Waals surface area contributed by atoms with Crippen molar-refractivity contribution in [3.05, 3.63) is 74.7 Å². The number of nitrogens with zero attached hydrogens (tertiary/aromatic N) is 5. The standard InChI is InChI=1S/C20H15F2N5OS2/c1-26-8-11(7-23-26)15-9-27(10-17-13(15)4-5-29-17)20(28)19-25-24-18(30-19)14-3-2-12(21)6-16(14)22/h2-8,15H,9-10H2,1H3. The van der Waals surface area contributed by atoms with Gasteiger partial charge in [0.2, 0.25) is 5.01 Å². The lowest BCUT2D eigenvalue weighted by molar-refractivity contribution is 0.0726. The number of amides is 1. The molecular formula is C20H15F2N5OS2. The van der Waals surface area contributed by atoms with Crippen LogP contribution in [-0.4, -0.2) is 37.3 Å². The summed E-state index contributed by atoms with van der Waals surface area (Å²) < 4.78 is 29.0. The molecule has 0 bridgehead atoms. The van der Waals surface area contributed by atoms with Crippen molar-refractivity contribution in [3.63, 3.8) is 0 Å². The highest BCUT2D eigenvalue weighted by molar-refractivity contribution is 7.16. The van der Waals surface area contributed by atoms with Gasteiger partial charge in [0.15, 0.2) is 5.01 Å². The van der Waals surface area contributed by atoms with Crippen LogP contribution >= 0.6 is 22.7 Å². The summed E-state index contributed by atoms with van der Waals surface area (Å²) in [4.78, 5) is 16.0. The Balaban J connectivity index is 1.44. The average molecular weight is 444 g/mol. The van der Waals surface area contributed by atoms with Gasteiger partial charge in [-0.2, -0.15) is 5.10 Å². The third-order valence-electron chi connectivity index (χ3n) is 5.08. The molecule has 1 aromatic carbocycles. The van der Waals surface area contributed by atoms with Crippen LogP contribution in [0.25, 0.3) is 10.6 Å². The number of rotatable bonds is 3. The summed E-state index contributed by atoms with van der Waals surface area (Å²) >= 11 is 2.62. The normalized spacial score (nSPS) is 16.0. The van der Waals surface area contributed by atoms with Crippen LogP contribution in [0.15, 0.2) is 42.0 Å². The molecule has 30 heavy (non-hydrogen) atoms. The van der Waals surface area contributed by atoms with E-state index in [0.717, 1.165) is 33.9 Å². The fourth-order valence-corrected chi connectivity index (χ4v) is 5.42. The van der Waals surface area contributed by atoms with Crippen molar-refractivity contribution in [2.45, 2.75) is 12.5 Å². The topological polar surface area (TPSA) is 63.9 Å². The molecule has 1 amide bonds. The van der Waals surface area contributed by atoms with Crippen LogP contribution in [-0.2, 0) is 13.6 Å². The van der Waals surface area contributed by atoms with Gasteiger partial charge in [0.1, 0.15) is 11.6 Å². The Morgan fingerprint density at radius 2 is 2.10 bits per heavy atom. The monoisotopic (exact) mass is 443 g/mol. The van der Waals surface area contributed by atoms with Crippen LogP contribution < -0.4 is 0 Å². The minimum atomic E-state index is -0.733. The van der Waals surface area contributed by atoms with Gasteiger partial charge in [0.25, 0.3) is 5.91 Å². The van der Waals surface area contributed by atoms with Crippen LogP contribution in [0.3, 0.4) is 0 Å². The van der Waals surface area contributed by atoms with Gasteiger partial charge in [0.05, 0.1) is 12.7 Å². The van der Waals surface area contributed by atoms with Crippen LogP contribution in [0.1, 0.15) is 31.7 Å². The number of carbonyl (C=O) groups is 1. The highest BCUT2D eigenvalue weighted by Crippen LogP contribution is 2.37. The van der Waals surface area contributed by atoms with Crippen molar-refractivity contribution in [2.75, 3.05) is 6.54 Å². The lowest BCUT2D eigenvalue weighted by Crippen LogP contribution is -2.37. The minimum Gasteiger partial charge on any atom is -0.330 e. The Bertz CT molecular complexity index is 1250. The predicted molar refractivity (Wildman–Crippen MR) is 109 cm³/mol. The molecule has 1 aliphatic heterocycles. The number of fused-ring (bicyclic) bond motifs is 1. The molecule has 5 rings (SSSR count). The SMILES string of the molecule is Cn1cc(C2CN(C(=O)c3nnc(-c4ccc(F)cc4F)s3)Cc3sccc32)cn1. The fourth-order valence-electron chi connectivity index (χ4n) is 3.62. The van der Waals surface area contributed by atoms with Gasteiger partial charge >= 0.3 is 0 Å². The lowest BCUT2D eigenvalue weighted by Gasteiger charge is -2.32. The van der Waals surface area contributed by atoms with Crippen molar-refractivity contribution in [1.82, 2.24) is 24.9 Å². The number of benzene rings is 1. The molecule has 1 unspecified atom stereocenters. The first-order valence-corrected chi connectivity index (χ1v) is 10.8. The zero-order valence-corrected chi connectivity index (χ0v) is 17.4. The first kappa shape index (κ1) is 19.0. The average Bonchev–Trinajstić information content (AvgIpc) is 3.47. The van der Waals surface area contributed by atoms with Crippen molar-refractivity contribution < 1.29 is 13.6 Å². The Morgan fingerprint density at radius 1 is 1.23 bits per heavy atom. The number of aryl methyl sites for hydroxylation is 1. The molecule has 0 saturated carbocycles. The third-order valence-corrected chi connectivity index (χ3v) is 6.94. The second kappa shape index (κ2) is 7.37. The number of aromatic nitrogens is 4. The first-order chi connectivity index (χ1) is 14.5. The third kappa shape index (κ3) is 3.31. The van der Waals surface area contributed by atoms with E-state index >= 15 is 0 Å². The van der Waals surface area contributed by atoms with E-state index in [9.17, 15) is 13.6 Å². The molecule has 3 aromatic heterocycles. The van der Waals surface area contributed by atoms with E-state index in [1.165, 1.54) is 11.6 Å². The maximum atomic E-state index is 14.1. The van der Waals surface area contributed by atoms with Gasteiger partial charge in [-0.1, -0.05) is 11.3 Å². The maximum Gasteiger partial charge on any atom is 0.285 e. The Morgan fingerprint density at radius 3 is 2.87 bits per heavy atom. The van der Waals surface area contributed by atoms with Crippen molar-refractivity contribution in [1.29, 1.82) is 0 Å². The van der Waals surface area contributed by atoms with Crippen molar-refractivity contribution in [2.24, 2.45) is 7.05 Å². The summed E-state index contributed by atoms with van der Waals surface area (Å²) in [5.74, 6) is -1.63. The minimum absolute atomic E-state index is 0.0274. The molecule has 4 heterocycles. The fraction of sp³-hybridized carbons (Fsp3) is 0.200. The number of halogens is 2. The number of hydrogen-bond acceptors (Lipinski definition) is 6. The number of hydrogen-bond donors (Lipinski definition) is 0. The molecule has 0 saturated heterocycles. The van der Waals surface area contributed by atoms with E-state index in [1.807, 2.05) is 24.8 Å². The van der Waals surface area contributed by atoms with E-state index in [4.69, 9.17) is 0 Å². The maximum absolute atomic E-state index is 14.1. The highest BCUT2D eigenvalue weighted by atomic mass is 32.1. The van der Waals surface area contributed by atoms with Gasteiger partial charge in [-0.3, -0.25) is 9.48 Å². The zero-order chi connectivity index (χ0) is 20.8. The lowest BCUT2D eigenvalue weighted by atomic mass is 9.90. The largest absolute Gasteiger partial charge is 0.330 e.